The third-order valence-corrected chi connectivity index (χ3v) is 5.85. The number of anilines is 1. The average molecular weight is 394 g/mol. The Morgan fingerprint density at radius 1 is 1.03 bits per heavy atom. The number of piperidine rings is 3. The van der Waals surface area contributed by atoms with Crippen LogP contribution in [0.1, 0.15) is 28.8 Å². The molecule has 6 nitrogen and oxygen atoms in total. The number of hydrogen-bond donors (Lipinski definition) is 0. The van der Waals surface area contributed by atoms with Gasteiger partial charge in [-0.15, -0.1) is 0 Å². The molecule has 0 saturated carbocycles. The average Bonchev–Trinajstić information content (AvgIpc) is 2.78. The summed E-state index contributed by atoms with van der Waals surface area (Å²) in [5.74, 6) is 0.0825. The van der Waals surface area contributed by atoms with Crippen LogP contribution in [0.2, 0.25) is 0 Å². The Kier molecular flexibility index (Phi) is 5.81. The predicted octanol–water partition coefficient (Wildman–Crippen LogP) is 3.71. The second-order valence-electron chi connectivity index (χ2n) is 7.67. The molecule has 3 fully saturated rings. The lowest BCUT2D eigenvalue weighted by atomic mass is 9.86. The van der Waals surface area contributed by atoms with Gasteiger partial charge in [0, 0.05) is 12.2 Å². The van der Waals surface area contributed by atoms with Crippen molar-refractivity contribution in [2.75, 3.05) is 31.6 Å². The minimum Gasteiger partial charge on any atom is -0.465 e. The molecule has 1 atom stereocenters. The van der Waals surface area contributed by atoms with Crippen LogP contribution in [0.5, 0.6) is 0 Å². The van der Waals surface area contributed by atoms with Crippen LogP contribution in [0.3, 0.4) is 0 Å². The number of para-hydroxylation sites is 1. The van der Waals surface area contributed by atoms with Crippen LogP contribution in [0.25, 0.3) is 0 Å². The summed E-state index contributed by atoms with van der Waals surface area (Å²) in [7, 11) is 1.36. The molecule has 2 aromatic rings. The largest absolute Gasteiger partial charge is 0.465 e. The zero-order valence-corrected chi connectivity index (χ0v) is 16.6. The maximum atomic E-state index is 13.1. The molecule has 152 valence electrons. The molecule has 3 heterocycles. The van der Waals surface area contributed by atoms with Gasteiger partial charge in [0.2, 0.25) is 0 Å². The second kappa shape index (κ2) is 8.66. The van der Waals surface area contributed by atoms with E-state index in [0.29, 0.717) is 18.0 Å². The van der Waals surface area contributed by atoms with Gasteiger partial charge in [-0.05, 0) is 61.7 Å². The molecular formula is C23H26N2O4. The zero-order chi connectivity index (χ0) is 20.2. The molecule has 3 aliphatic heterocycles. The van der Waals surface area contributed by atoms with Gasteiger partial charge in [0.1, 0.15) is 6.10 Å². The molecule has 0 aliphatic carbocycles. The van der Waals surface area contributed by atoms with Crippen LogP contribution < -0.4 is 4.90 Å². The molecule has 0 spiro atoms. The SMILES string of the molecule is COC(=O)c1ccc(CN(C(=O)O[C@H]2CN3CCC2CC3)c2ccccc2)cc1. The number of amides is 1. The van der Waals surface area contributed by atoms with Gasteiger partial charge in [0.25, 0.3) is 0 Å². The van der Waals surface area contributed by atoms with Crippen molar-refractivity contribution in [1.82, 2.24) is 4.90 Å². The van der Waals surface area contributed by atoms with Gasteiger partial charge < -0.3 is 9.47 Å². The van der Waals surface area contributed by atoms with E-state index in [9.17, 15) is 9.59 Å². The summed E-state index contributed by atoms with van der Waals surface area (Å²) in [5.41, 5.74) is 2.18. The fourth-order valence-corrected chi connectivity index (χ4v) is 4.15. The van der Waals surface area contributed by atoms with Crippen molar-refractivity contribution < 1.29 is 19.1 Å². The summed E-state index contributed by atoms with van der Waals surface area (Å²) in [6, 6.07) is 16.6. The number of benzene rings is 2. The summed E-state index contributed by atoms with van der Waals surface area (Å²) in [6.07, 6.45) is 1.82. The number of rotatable bonds is 5. The summed E-state index contributed by atoms with van der Waals surface area (Å²) >= 11 is 0. The van der Waals surface area contributed by atoms with E-state index in [0.717, 1.165) is 43.7 Å². The van der Waals surface area contributed by atoms with Crippen molar-refractivity contribution in [3.8, 4) is 0 Å². The van der Waals surface area contributed by atoms with Crippen LogP contribution in [0.15, 0.2) is 54.6 Å². The molecule has 2 bridgehead atoms. The maximum Gasteiger partial charge on any atom is 0.414 e. The molecule has 5 rings (SSSR count). The Hall–Kier alpha value is -2.86. The van der Waals surface area contributed by atoms with Gasteiger partial charge in [-0.3, -0.25) is 9.80 Å². The highest BCUT2D eigenvalue weighted by atomic mass is 16.6. The highest BCUT2D eigenvalue weighted by molar-refractivity contribution is 5.89. The molecule has 0 N–H and O–H groups in total. The van der Waals surface area contributed by atoms with E-state index in [4.69, 9.17) is 9.47 Å². The quantitative estimate of drug-likeness (QED) is 0.724. The number of nitrogens with zero attached hydrogens (tertiary/aromatic N) is 2. The number of carbonyl (C=O) groups is 2. The van der Waals surface area contributed by atoms with Crippen LogP contribution in [0.4, 0.5) is 10.5 Å². The van der Waals surface area contributed by atoms with Gasteiger partial charge in [0.15, 0.2) is 0 Å². The maximum absolute atomic E-state index is 13.1. The van der Waals surface area contributed by atoms with E-state index in [2.05, 4.69) is 4.90 Å². The first-order chi connectivity index (χ1) is 14.1. The lowest BCUT2D eigenvalue weighted by Gasteiger charge is -2.44. The normalized spacial score (nSPS) is 22.7. The summed E-state index contributed by atoms with van der Waals surface area (Å²) in [4.78, 5) is 28.8. The molecule has 0 aromatic heterocycles. The van der Waals surface area contributed by atoms with E-state index < -0.39 is 0 Å². The molecule has 6 heteroatoms. The minimum absolute atomic E-state index is 0.0436. The van der Waals surface area contributed by atoms with Gasteiger partial charge in [-0.1, -0.05) is 30.3 Å². The number of ether oxygens (including phenoxy) is 2. The standard InChI is InChI=1S/C23H26N2O4/c1-28-22(26)19-9-7-17(8-10-19)15-25(20-5-3-2-4-6-20)23(27)29-21-16-24-13-11-18(21)12-14-24/h2-10,18,21H,11-16H2,1H3/t21-/m0/s1. The molecular weight excluding hydrogens is 368 g/mol. The fraction of sp³-hybridized carbons (Fsp3) is 0.391. The van der Waals surface area contributed by atoms with E-state index in [1.54, 1.807) is 17.0 Å². The molecule has 0 radical (unpaired) electrons. The highest BCUT2D eigenvalue weighted by Crippen LogP contribution is 2.30. The number of carbonyl (C=O) groups excluding carboxylic acids is 2. The monoisotopic (exact) mass is 394 g/mol. The Labute approximate surface area is 171 Å². The van der Waals surface area contributed by atoms with Crippen LogP contribution in [0, 0.1) is 5.92 Å². The molecule has 29 heavy (non-hydrogen) atoms. The Bertz CT molecular complexity index is 845. The van der Waals surface area contributed by atoms with Gasteiger partial charge in [-0.25, -0.2) is 9.59 Å². The molecule has 1 amide bonds. The van der Waals surface area contributed by atoms with Crippen molar-refractivity contribution in [3.63, 3.8) is 0 Å². The first-order valence-corrected chi connectivity index (χ1v) is 10.1. The Morgan fingerprint density at radius 2 is 1.72 bits per heavy atom. The van der Waals surface area contributed by atoms with E-state index in [-0.39, 0.29) is 18.2 Å². The lowest BCUT2D eigenvalue weighted by molar-refractivity contribution is -0.0311. The minimum atomic E-state index is -0.377. The van der Waals surface area contributed by atoms with Gasteiger partial charge in [0.05, 0.1) is 19.2 Å². The smallest absolute Gasteiger partial charge is 0.414 e. The van der Waals surface area contributed by atoms with Crippen LogP contribution in [-0.4, -0.2) is 49.8 Å². The summed E-state index contributed by atoms with van der Waals surface area (Å²) in [6.45, 7) is 3.40. The number of methoxy groups -OCH3 is 1. The number of fused-ring (bicyclic) bond motifs is 3. The molecule has 3 aliphatic rings. The predicted molar refractivity (Wildman–Crippen MR) is 110 cm³/mol. The second-order valence-corrected chi connectivity index (χ2v) is 7.67. The fourth-order valence-electron chi connectivity index (χ4n) is 4.15. The molecule has 2 aromatic carbocycles. The summed E-state index contributed by atoms with van der Waals surface area (Å²) < 4.78 is 10.7. The van der Waals surface area contributed by atoms with E-state index >= 15 is 0 Å². The third kappa shape index (κ3) is 4.43. The van der Waals surface area contributed by atoms with Crippen molar-refractivity contribution in [2.45, 2.75) is 25.5 Å². The lowest BCUT2D eigenvalue weighted by Crippen LogP contribution is -2.53. The van der Waals surface area contributed by atoms with Crippen LogP contribution >= 0.6 is 0 Å². The third-order valence-electron chi connectivity index (χ3n) is 5.85. The van der Waals surface area contributed by atoms with Crippen molar-refractivity contribution in [2.24, 2.45) is 5.92 Å². The van der Waals surface area contributed by atoms with E-state index in [1.165, 1.54) is 7.11 Å². The van der Waals surface area contributed by atoms with Gasteiger partial charge >= 0.3 is 12.1 Å². The van der Waals surface area contributed by atoms with Crippen molar-refractivity contribution >= 4 is 17.7 Å². The first-order valence-electron chi connectivity index (χ1n) is 10.1. The first kappa shape index (κ1) is 19.5. The van der Waals surface area contributed by atoms with Crippen molar-refractivity contribution in [1.29, 1.82) is 0 Å². The van der Waals surface area contributed by atoms with Crippen LogP contribution in [-0.2, 0) is 16.0 Å². The topological polar surface area (TPSA) is 59.1 Å². The number of esters is 1. The zero-order valence-electron chi connectivity index (χ0n) is 16.6. The summed E-state index contributed by atoms with van der Waals surface area (Å²) in [5, 5.41) is 0. The van der Waals surface area contributed by atoms with Gasteiger partial charge in [-0.2, -0.15) is 0 Å². The highest BCUT2D eigenvalue weighted by Gasteiger charge is 2.37. The molecule has 0 unspecified atom stereocenters. The Balaban J connectivity index is 1.51. The Morgan fingerprint density at radius 3 is 2.31 bits per heavy atom. The molecule has 3 saturated heterocycles. The van der Waals surface area contributed by atoms with E-state index in [1.807, 2.05) is 42.5 Å². The number of hydrogen-bond acceptors (Lipinski definition) is 5. The van der Waals surface area contributed by atoms with Crippen molar-refractivity contribution in [3.05, 3.63) is 65.7 Å².